The second-order valence-corrected chi connectivity index (χ2v) is 8.21. The Kier molecular flexibility index (Phi) is 4.57. The number of hydrogen-bond donors (Lipinski definition) is 0. The third-order valence-corrected chi connectivity index (χ3v) is 6.14. The highest BCUT2D eigenvalue weighted by Gasteiger charge is 2.17. The van der Waals surface area contributed by atoms with E-state index < -0.39 is 0 Å². The van der Waals surface area contributed by atoms with Gasteiger partial charge in [-0.2, -0.15) is 5.10 Å². The minimum absolute atomic E-state index is 0.851. The van der Waals surface area contributed by atoms with Gasteiger partial charge in [0.15, 0.2) is 5.16 Å². The highest BCUT2D eigenvalue weighted by Crippen LogP contribution is 2.33. The Hall–Kier alpha value is -3.11. The molecule has 142 valence electrons. The van der Waals surface area contributed by atoms with E-state index >= 15 is 0 Å². The third-order valence-electron chi connectivity index (χ3n) is 5.17. The van der Waals surface area contributed by atoms with Crippen molar-refractivity contribution in [3.8, 4) is 11.3 Å². The average molecular weight is 396 g/mol. The molecule has 2 aromatic heterocycles. The van der Waals surface area contributed by atoms with E-state index in [1.807, 2.05) is 17.5 Å². The summed E-state index contributed by atoms with van der Waals surface area (Å²) < 4.78 is 2.02. The fourth-order valence-electron chi connectivity index (χ4n) is 3.86. The fraction of sp³-hybridized carbons (Fsp3) is 0.120. The maximum atomic E-state index is 5.02. The van der Waals surface area contributed by atoms with Gasteiger partial charge in [0, 0.05) is 11.3 Å². The van der Waals surface area contributed by atoms with Gasteiger partial charge in [-0.25, -0.2) is 9.50 Å². The molecule has 0 saturated carbocycles. The second kappa shape index (κ2) is 7.37. The van der Waals surface area contributed by atoms with Crippen molar-refractivity contribution in [2.75, 3.05) is 0 Å². The topological polar surface area (TPSA) is 30.2 Å². The van der Waals surface area contributed by atoms with Gasteiger partial charge in [0.05, 0.1) is 16.9 Å². The molecule has 0 amide bonds. The fourth-order valence-corrected chi connectivity index (χ4v) is 4.80. The zero-order chi connectivity index (χ0) is 19.8. The number of benzene rings is 3. The van der Waals surface area contributed by atoms with E-state index in [1.54, 1.807) is 11.8 Å². The van der Waals surface area contributed by atoms with Crippen molar-refractivity contribution < 1.29 is 0 Å². The summed E-state index contributed by atoms with van der Waals surface area (Å²) in [6.45, 7) is 4.17. The Morgan fingerprint density at radius 2 is 1.62 bits per heavy atom. The lowest BCUT2D eigenvalue weighted by Gasteiger charge is -2.07. The monoisotopic (exact) mass is 395 g/mol. The van der Waals surface area contributed by atoms with Crippen molar-refractivity contribution in [2.45, 2.75) is 24.8 Å². The van der Waals surface area contributed by atoms with Gasteiger partial charge in [0.2, 0.25) is 0 Å². The lowest BCUT2D eigenvalue weighted by Crippen LogP contribution is -1.98. The Labute approximate surface area is 174 Å². The standard InChI is InChI=1S/C25H21N3S/c1-17-15-18(2)27-28-24(17)23(20-10-4-3-5-11-20)26-25(28)29-16-21-13-8-12-19-9-6-7-14-22(19)21/h3-15H,16H2,1-2H3. The molecule has 4 heteroatoms. The number of fused-ring (bicyclic) bond motifs is 2. The molecule has 5 aromatic rings. The normalized spacial score (nSPS) is 11.4. The molecule has 0 aliphatic carbocycles. The number of hydrogen-bond acceptors (Lipinski definition) is 3. The van der Waals surface area contributed by atoms with E-state index in [4.69, 9.17) is 10.1 Å². The molecule has 0 saturated heterocycles. The molecule has 0 radical (unpaired) electrons. The maximum Gasteiger partial charge on any atom is 0.190 e. The average Bonchev–Trinajstić information content (AvgIpc) is 3.11. The minimum atomic E-state index is 0.851. The molecule has 0 bridgehead atoms. The largest absolute Gasteiger partial charge is 0.220 e. The summed E-state index contributed by atoms with van der Waals surface area (Å²) in [5.41, 5.74) is 6.71. The van der Waals surface area contributed by atoms with Crippen LogP contribution in [0.3, 0.4) is 0 Å². The summed E-state index contributed by atoms with van der Waals surface area (Å²) in [7, 11) is 0. The van der Waals surface area contributed by atoms with Gasteiger partial charge in [-0.3, -0.25) is 0 Å². The predicted molar refractivity (Wildman–Crippen MR) is 121 cm³/mol. The molecule has 2 heterocycles. The van der Waals surface area contributed by atoms with E-state index in [0.29, 0.717) is 0 Å². The molecule has 0 N–H and O–H groups in total. The molecule has 0 aliphatic rings. The zero-order valence-electron chi connectivity index (χ0n) is 16.5. The van der Waals surface area contributed by atoms with Gasteiger partial charge in [-0.05, 0) is 41.8 Å². The van der Waals surface area contributed by atoms with Gasteiger partial charge >= 0.3 is 0 Å². The van der Waals surface area contributed by atoms with Crippen molar-refractivity contribution in [1.29, 1.82) is 0 Å². The van der Waals surface area contributed by atoms with Crippen molar-refractivity contribution in [1.82, 2.24) is 14.6 Å². The summed E-state index contributed by atoms with van der Waals surface area (Å²) in [6, 6.07) is 27.5. The van der Waals surface area contributed by atoms with Gasteiger partial charge < -0.3 is 0 Å². The van der Waals surface area contributed by atoms with E-state index in [2.05, 4.69) is 79.7 Å². The Bertz CT molecular complexity index is 1320. The van der Waals surface area contributed by atoms with Crippen LogP contribution in [0.2, 0.25) is 0 Å². The molecule has 3 nitrogen and oxygen atoms in total. The van der Waals surface area contributed by atoms with Crippen LogP contribution in [0.5, 0.6) is 0 Å². The van der Waals surface area contributed by atoms with E-state index in [9.17, 15) is 0 Å². The molecule has 0 atom stereocenters. The Morgan fingerprint density at radius 1 is 0.862 bits per heavy atom. The summed E-state index contributed by atoms with van der Waals surface area (Å²) in [6.07, 6.45) is 0. The first kappa shape index (κ1) is 18.0. The van der Waals surface area contributed by atoms with Crippen LogP contribution in [0.4, 0.5) is 0 Å². The summed E-state index contributed by atoms with van der Waals surface area (Å²) >= 11 is 1.74. The van der Waals surface area contributed by atoms with Crippen molar-refractivity contribution >= 4 is 28.1 Å². The van der Waals surface area contributed by atoms with Crippen molar-refractivity contribution in [3.63, 3.8) is 0 Å². The number of aryl methyl sites for hydroxylation is 2. The number of rotatable bonds is 4. The quantitative estimate of drug-likeness (QED) is 0.327. The summed E-state index contributed by atoms with van der Waals surface area (Å²) in [5.74, 6) is 0.851. The lowest BCUT2D eigenvalue weighted by molar-refractivity contribution is 0.793. The Morgan fingerprint density at radius 3 is 2.48 bits per heavy atom. The lowest BCUT2D eigenvalue weighted by atomic mass is 10.1. The highest BCUT2D eigenvalue weighted by atomic mass is 32.2. The Balaban J connectivity index is 1.60. The molecule has 0 aliphatic heterocycles. The smallest absolute Gasteiger partial charge is 0.190 e. The van der Waals surface area contributed by atoms with Crippen LogP contribution >= 0.6 is 11.8 Å². The van der Waals surface area contributed by atoms with E-state index in [0.717, 1.165) is 33.4 Å². The van der Waals surface area contributed by atoms with Crippen LogP contribution in [0.15, 0.2) is 84.0 Å². The maximum absolute atomic E-state index is 5.02. The first-order valence-electron chi connectivity index (χ1n) is 9.72. The van der Waals surface area contributed by atoms with Crippen LogP contribution in [0, 0.1) is 13.8 Å². The molecular formula is C25H21N3S. The van der Waals surface area contributed by atoms with Crippen LogP contribution in [-0.2, 0) is 5.75 Å². The number of nitrogens with zero attached hydrogens (tertiary/aromatic N) is 3. The highest BCUT2D eigenvalue weighted by molar-refractivity contribution is 7.98. The van der Waals surface area contributed by atoms with Crippen LogP contribution in [0.25, 0.3) is 27.5 Å². The SMILES string of the molecule is Cc1cc(C)c2c(-c3ccccc3)nc(SCc3cccc4ccccc34)n2n1. The number of imidazole rings is 1. The second-order valence-electron chi connectivity index (χ2n) is 7.27. The predicted octanol–water partition coefficient (Wildman–Crippen LogP) is 6.46. The van der Waals surface area contributed by atoms with E-state index in [-0.39, 0.29) is 0 Å². The molecule has 3 aromatic carbocycles. The molecule has 29 heavy (non-hydrogen) atoms. The van der Waals surface area contributed by atoms with Crippen molar-refractivity contribution in [3.05, 3.63) is 95.7 Å². The van der Waals surface area contributed by atoms with Crippen molar-refractivity contribution in [2.24, 2.45) is 0 Å². The third kappa shape index (κ3) is 3.30. The zero-order valence-corrected chi connectivity index (χ0v) is 17.3. The van der Waals surface area contributed by atoms with Crippen LogP contribution < -0.4 is 0 Å². The molecule has 0 fully saturated rings. The minimum Gasteiger partial charge on any atom is -0.220 e. The molecular weight excluding hydrogens is 374 g/mol. The van der Waals surface area contributed by atoms with E-state index in [1.165, 1.54) is 21.9 Å². The molecule has 0 spiro atoms. The number of thioether (sulfide) groups is 1. The van der Waals surface area contributed by atoms with Crippen LogP contribution in [-0.4, -0.2) is 14.6 Å². The summed E-state index contributed by atoms with van der Waals surface area (Å²) in [5, 5.41) is 8.29. The summed E-state index contributed by atoms with van der Waals surface area (Å²) in [4.78, 5) is 5.02. The van der Waals surface area contributed by atoms with Gasteiger partial charge in [0.1, 0.15) is 0 Å². The van der Waals surface area contributed by atoms with Gasteiger partial charge in [-0.15, -0.1) is 0 Å². The first-order valence-corrected chi connectivity index (χ1v) is 10.7. The molecule has 5 rings (SSSR count). The van der Waals surface area contributed by atoms with Gasteiger partial charge in [-0.1, -0.05) is 84.6 Å². The molecule has 0 unspecified atom stereocenters. The van der Waals surface area contributed by atoms with Gasteiger partial charge in [0.25, 0.3) is 0 Å². The number of aromatic nitrogens is 3. The van der Waals surface area contributed by atoms with Crippen LogP contribution in [0.1, 0.15) is 16.8 Å². The first-order chi connectivity index (χ1) is 14.2.